The van der Waals surface area contributed by atoms with Gasteiger partial charge in [0.25, 0.3) is 0 Å². The second kappa shape index (κ2) is 7.67. The molecule has 3 aliphatic rings. The van der Waals surface area contributed by atoms with Gasteiger partial charge in [0.1, 0.15) is 0 Å². The average molecular weight is 340 g/mol. The molecule has 5 nitrogen and oxygen atoms in total. The number of hydrogen-bond donors (Lipinski definition) is 0. The van der Waals surface area contributed by atoms with Crippen LogP contribution >= 0.6 is 0 Å². The van der Waals surface area contributed by atoms with E-state index >= 15 is 0 Å². The molecule has 0 saturated carbocycles. The number of aromatic nitrogens is 2. The van der Waals surface area contributed by atoms with Crippen LogP contribution in [0.15, 0.2) is 34.7 Å². The normalized spacial score (nSPS) is 24.5. The number of benzene rings is 1. The summed E-state index contributed by atoms with van der Waals surface area (Å²) in [6.07, 6.45) is 5.08. The highest BCUT2D eigenvalue weighted by molar-refractivity contribution is 5.14. The summed E-state index contributed by atoms with van der Waals surface area (Å²) >= 11 is 0. The van der Waals surface area contributed by atoms with E-state index in [-0.39, 0.29) is 0 Å². The molecule has 25 heavy (non-hydrogen) atoms. The van der Waals surface area contributed by atoms with E-state index in [1.165, 1.54) is 57.4 Å². The first-order valence-corrected chi connectivity index (χ1v) is 9.55. The molecule has 3 aliphatic heterocycles. The largest absolute Gasteiger partial charge is 0.424 e. The molecule has 0 unspecified atom stereocenters. The summed E-state index contributed by atoms with van der Waals surface area (Å²) in [5, 5.41) is 8.15. The highest BCUT2D eigenvalue weighted by Crippen LogP contribution is 2.29. The zero-order chi connectivity index (χ0) is 17.1. The van der Waals surface area contributed by atoms with Crippen LogP contribution in [0.1, 0.15) is 36.6 Å². The van der Waals surface area contributed by atoms with Crippen molar-refractivity contribution < 1.29 is 4.42 Å². The highest BCUT2D eigenvalue weighted by Gasteiger charge is 2.35. The quantitative estimate of drug-likeness (QED) is 0.809. The molecule has 4 heterocycles. The molecule has 2 bridgehead atoms. The fourth-order valence-electron chi connectivity index (χ4n) is 4.38. The minimum Gasteiger partial charge on any atom is -0.424 e. The molecule has 3 saturated heterocycles. The molecule has 0 N–H and O–H groups in total. The number of aryl methyl sites for hydroxylation is 2. The van der Waals surface area contributed by atoms with E-state index in [9.17, 15) is 0 Å². The van der Waals surface area contributed by atoms with Gasteiger partial charge >= 0.3 is 0 Å². The first kappa shape index (κ1) is 16.7. The molecule has 1 aromatic heterocycles. The predicted octanol–water partition coefficient (Wildman–Crippen LogP) is 2.91. The molecule has 134 valence electrons. The van der Waals surface area contributed by atoms with Crippen LogP contribution in [0, 0.1) is 12.8 Å². The fraction of sp³-hybridized carbons (Fsp3) is 0.600. The van der Waals surface area contributed by atoms with Gasteiger partial charge in [0, 0.05) is 32.6 Å². The van der Waals surface area contributed by atoms with Gasteiger partial charge in [0.15, 0.2) is 0 Å². The minimum absolute atomic E-state index is 0.627. The molecule has 1 aromatic carbocycles. The second-order valence-corrected chi connectivity index (χ2v) is 7.59. The Hall–Kier alpha value is -1.72. The number of nitrogens with zero attached hydrogens (tertiary/aromatic N) is 4. The lowest BCUT2D eigenvalue weighted by Gasteiger charge is -2.35. The lowest BCUT2D eigenvalue weighted by molar-refractivity contribution is 0.112. The van der Waals surface area contributed by atoms with Crippen molar-refractivity contribution in [3.05, 3.63) is 47.7 Å². The van der Waals surface area contributed by atoms with Crippen molar-refractivity contribution in [2.45, 2.75) is 45.2 Å². The molecule has 0 aliphatic carbocycles. The Bertz CT molecular complexity index is 671. The summed E-state index contributed by atoms with van der Waals surface area (Å²) in [6, 6.07) is 11.5. The summed E-state index contributed by atoms with van der Waals surface area (Å²) in [5.41, 5.74) is 1.45. The predicted molar refractivity (Wildman–Crippen MR) is 97.2 cm³/mol. The number of hydrogen-bond acceptors (Lipinski definition) is 5. The van der Waals surface area contributed by atoms with Crippen molar-refractivity contribution in [1.29, 1.82) is 0 Å². The van der Waals surface area contributed by atoms with Gasteiger partial charge in [-0.15, -0.1) is 10.2 Å². The van der Waals surface area contributed by atoms with E-state index in [2.05, 4.69) is 50.3 Å². The summed E-state index contributed by atoms with van der Waals surface area (Å²) in [6.45, 7) is 7.46. The average Bonchev–Trinajstić information content (AvgIpc) is 2.84. The van der Waals surface area contributed by atoms with Gasteiger partial charge in [-0.3, -0.25) is 4.90 Å². The minimum atomic E-state index is 0.627. The lowest BCUT2D eigenvalue weighted by Crippen LogP contribution is -2.43. The standard InChI is InChI=1S/C20H28N4O/c1-16-21-22-20(25-16)15-24-13-18-9-10-19(24)14-23(12-18)11-5-8-17-6-3-2-4-7-17/h2-4,6-7,18-19H,5,8-15H2,1H3/t18-,19+/m0/s1. The van der Waals surface area contributed by atoms with Crippen LogP contribution in [-0.2, 0) is 13.0 Å². The van der Waals surface area contributed by atoms with Crippen LogP contribution in [0.3, 0.4) is 0 Å². The summed E-state index contributed by atoms with van der Waals surface area (Å²) in [4.78, 5) is 5.25. The van der Waals surface area contributed by atoms with Gasteiger partial charge in [0.2, 0.25) is 11.8 Å². The van der Waals surface area contributed by atoms with Crippen molar-refractivity contribution in [3.63, 3.8) is 0 Å². The maximum atomic E-state index is 5.60. The SMILES string of the molecule is Cc1nnc(CN2C[C@H]3CC[C@@H]2CN(CCCc2ccccc2)C3)o1. The third-order valence-electron chi connectivity index (χ3n) is 5.59. The van der Waals surface area contributed by atoms with Crippen LogP contribution in [0.5, 0.6) is 0 Å². The topological polar surface area (TPSA) is 45.4 Å². The van der Waals surface area contributed by atoms with Crippen molar-refractivity contribution in [3.8, 4) is 0 Å². The van der Waals surface area contributed by atoms with Gasteiger partial charge in [0.05, 0.1) is 6.54 Å². The molecule has 5 rings (SSSR count). The number of piperidine rings is 1. The monoisotopic (exact) mass is 340 g/mol. The van der Waals surface area contributed by atoms with E-state index in [1.807, 2.05) is 6.92 Å². The summed E-state index contributed by atoms with van der Waals surface area (Å²) in [5.74, 6) is 2.21. The number of fused-ring (bicyclic) bond motifs is 4. The Balaban J connectivity index is 1.31. The van der Waals surface area contributed by atoms with Crippen LogP contribution in [0.2, 0.25) is 0 Å². The third kappa shape index (κ3) is 4.28. The van der Waals surface area contributed by atoms with Gasteiger partial charge in [-0.1, -0.05) is 30.3 Å². The molecular formula is C20H28N4O. The Labute approximate surface area is 150 Å². The van der Waals surface area contributed by atoms with E-state index in [0.29, 0.717) is 11.9 Å². The van der Waals surface area contributed by atoms with E-state index in [0.717, 1.165) is 18.4 Å². The zero-order valence-corrected chi connectivity index (χ0v) is 15.1. The van der Waals surface area contributed by atoms with Crippen molar-refractivity contribution in [2.75, 3.05) is 26.2 Å². The summed E-state index contributed by atoms with van der Waals surface area (Å²) < 4.78 is 5.60. The number of rotatable bonds is 6. The van der Waals surface area contributed by atoms with E-state index in [4.69, 9.17) is 4.42 Å². The highest BCUT2D eigenvalue weighted by atomic mass is 16.4. The van der Waals surface area contributed by atoms with Crippen LogP contribution < -0.4 is 0 Å². The van der Waals surface area contributed by atoms with Gasteiger partial charge in [-0.2, -0.15) is 0 Å². The van der Waals surface area contributed by atoms with Crippen LogP contribution in [0.25, 0.3) is 0 Å². The Morgan fingerprint density at radius 1 is 1.08 bits per heavy atom. The van der Waals surface area contributed by atoms with Crippen molar-refractivity contribution in [1.82, 2.24) is 20.0 Å². The molecule has 5 heteroatoms. The third-order valence-corrected chi connectivity index (χ3v) is 5.59. The van der Waals surface area contributed by atoms with Crippen molar-refractivity contribution >= 4 is 0 Å². The molecule has 3 fully saturated rings. The molecule has 0 radical (unpaired) electrons. The smallest absolute Gasteiger partial charge is 0.230 e. The molecule has 2 aromatic rings. The fourth-order valence-corrected chi connectivity index (χ4v) is 4.38. The maximum Gasteiger partial charge on any atom is 0.230 e. The first-order valence-electron chi connectivity index (χ1n) is 9.55. The van der Waals surface area contributed by atoms with Gasteiger partial charge < -0.3 is 9.32 Å². The maximum absolute atomic E-state index is 5.60. The zero-order valence-electron chi connectivity index (χ0n) is 15.1. The molecule has 2 atom stereocenters. The van der Waals surface area contributed by atoms with Crippen LogP contribution in [-0.4, -0.2) is 52.2 Å². The molecule has 0 amide bonds. The van der Waals surface area contributed by atoms with E-state index < -0.39 is 0 Å². The first-order chi connectivity index (χ1) is 12.3. The Kier molecular flexibility index (Phi) is 5.13. The van der Waals surface area contributed by atoms with Gasteiger partial charge in [-0.05, 0) is 43.7 Å². The molecular weight excluding hydrogens is 312 g/mol. The van der Waals surface area contributed by atoms with E-state index in [1.54, 1.807) is 0 Å². The Morgan fingerprint density at radius 3 is 2.76 bits per heavy atom. The molecule has 0 spiro atoms. The van der Waals surface area contributed by atoms with Crippen LogP contribution in [0.4, 0.5) is 0 Å². The Morgan fingerprint density at radius 2 is 1.96 bits per heavy atom. The van der Waals surface area contributed by atoms with Crippen molar-refractivity contribution in [2.24, 2.45) is 5.92 Å². The summed E-state index contributed by atoms with van der Waals surface area (Å²) in [7, 11) is 0. The lowest BCUT2D eigenvalue weighted by atomic mass is 9.95. The van der Waals surface area contributed by atoms with Gasteiger partial charge in [-0.25, -0.2) is 0 Å². The second-order valence-electron chi connectivity index (χ2n) is 7.59.